The van der Waals surface area contributed by atoms with E-state index < -0.39 is 10.0 Å². The Hall–Kier alpha value is -1.41. The van der Waals surface area contributed by atoms with E-state index in [9.17, 15) is 13.2 Å². The van der Waals surface area contributed by atoms with Crippen LogP contribution in [0.1, 0.15) is 25.5 Å². The number of aromatic nitrogens is 2. The fraction of sp³-hybridized carbons (Fsp3) is 0.692. The first-order valence-corrected chi connectivity index (χ1v) is 8.57. The molecule has 2 heterocycles. The summed E-state index contributed by atoms with van der Waals surface area (Å²) >= 11 is 0. The molecular formula is C13H22N4O3S. The number of carbonyl (C=O) groups excluding carboxylic acids is 1. The molecule has 1 aliphatic heterocycles. The number of amides is 1. The molecule has 1 aliphatic rings. The zero-order valence-electron chi connectivity index (χ0n) is 12.7. The molecule has 1 N–H and O–H groups in total. The maximum atomic E-state index is 12.7. The van der Waals surface area contributed by atoms with Crippen molar-refractivity contribution in [3.8, 4) is 0 Å². The van der Waals surface area contributed by atoms with Crippen LogP contribution in [0.4, 0.5) is 0 Å². The number of hydrogen-bond donors (Lipinski definition) is 1. The molecule has 0 aromatic carbocycles. The number of sulfonamides is 1. The lowest BCUT2D eigenvalue weighted by Gasteiger charge is -2.15. The first-order valence-electron chi connectivity index (χ1n) is 7.13. The van der Waals surface area contributed by atoms with Crippen LogP contribution >= 0.6 is 0 Å². The lowest BCUT2D eigenvalue weighted by Crippen LogP contribution is -2.30. The fourth-order valence-electron chi connectivity index (χ4n) is 2.60. The minimum atomic E-state index is -3.52. The largest absolute Gasteiger partial charge is 0.359 e. The van der Waals surface area contributed by atoms with Gasteiger partial charge in [-0.3, -0.25) is 9.48 Å². The molecule has 0 aliphatic carbocycles. The van der Waals surface area contributed by atoms with Crippen molar-refractivity contribution in [2.45, 2.75) is 38.1 Å². The first kappa shape index (κ1) is 16.0. The van der Waals surface area contributed by atoms with Gasteiger partial charge in [-0.15, -0.1) is 0 Å². The molecule has 2 rings (SSSR count). The maximum Gasteiger partial charge on any atom is 0.246 e. The monoisotopic (exact) mass is 314 g/mol. The Balaban J connectivity index is 2.14. The summed E-state index contributed by atoms with van der Waals surface area (Å²) in [5, 5.41) is 6.77. The third-order valence-corrected chi connectivity index (χ3v) is 5.81. The Kier molecular flexibility index (Phi) is 4.67. The van der Waals surface area contributed by atoms with Crippen molar-refractivity contribution in [2.75, 3.05) is 20.1 Å². The summed E-state index contributed by atoms with van der Waals surface area (Å²) in [5.74, 6) is 0.0375. The molecule has 1 saturated heterocycles. The number of rotatable bonds is 5. The normalized spacial score (nSPS) is 19.9. The van der Waals surface area contributed by atoms with E-state index in [-0.39, 0.29) is 16.7 Å². The highest BCUT2D eigenvalue weighted by atomic mass is 32.2. The Labute approximate surface area is 125 Å². The lowest BCUT2D eigenvalue weighted by molar-refractivity contribution is -0.121. The minimum Gasteiger partial charge on any atom is -0.359 e. The average molecular weight is 314 g/mol. The zero-order chi connectivity index (χ0) is 15.6. The molecule has 1 atom stereocenters. The van der Waals surface area contributed by atoms with Gasteiger partial charge in [0.1, 0.15) is 4.90 Å². The van der Waals surface area contributed by atoms with Crippen LogP contribution in [0.3, 0.4) is 0 Å². The van der Waals surface area contributed by atoms with Crippen LogP contribution in [0, 0.1) is 12.8 Å². The van der Waals surface area contributed by atoms with Gasteiger partial charge in [0, 0.05) is 39.3 Å². The SMILES string of the molecule is CCn1cc(S(=O)(=O)N2CCC(CC(=O)NC)C2)c(C)n1. The van der Waals surface area contributed by atoms with Gasteiger partial charge in [0.25, 0.3) is 0 Å². The van der Waals surface area contributed by atoms with Crippen molar-refractivity contribution in [3.05, 3.63) is 11.9 Å². The molecule has 0 saturated carbocycles. The molecule has 1 aromatic rings. The van der Waals surface area contributed by atoms with E-state index in [0.717, 1.165) is 0 Å². The second-order valence-corrected chi connectivity index (χ2v) is 7.24. The highest BCUT2D eigenvalue weighted by molar-refractivity contribution is 7.89. The van der Waals surface area contributed by atoms with Gasteiger partial charge < -0.3 is 5.32 Å². The molecule has 8 heteroatoms. The molecule has 1 amide bonds. The minimum absolute atomic E-state index is 0.0470. The number of nitrogens with one attached hydrogen (secondary N) is 1. The second kappa shape index (κ2) is 6.15. The standard InChI is InChI=1S/C13H22N4O3S/c1-4-16-9-12(10(2)15-16)21(19,20)17-6-5-11(8-17)7-13(18)14-3/h9,11H,4-8H2,1-3H3,(H,14,18). The van der Waals surface area contributed by atoms with E-state index in [1.165, 1.54) is 4.31 Å². The van der Waals surface area contributed by atoms with Crippen molar-refractivity contribution in [1.82, 2.24) is 19.4 Å². The van der Waals surface area contributed by atoms with E-state index in [1.807, 2.05) is 6.92 Å². The summed E-state index contributed by atoms with van der Waals surface area (Å²) in [7, 11) is -1.92. The van der Waals surface area contributed by atoms with Crippen LogP contribution in [0.25, 0.3) is 0 Å². The third-order valence-electron chi connectivity index (χ3n) is 3.84. The molecule has 7 nitrogen and oxygen atoms in total. The molecule has 1 unspecified atom stereocenters. The van der Waals surface area contributed by atoms with E-state index in [2.05, 4.69) is 10.4 Å². The highest BCUT2D eigenvalue weighted by Gasteiger charge is 2.35. The summed E-state index contributed by atoms with van der Waals surface area (Å²) in [4.78, 5) is 11.7. The first-order chi connectivity index (χ1) is 9.88. The van der Waals surface area contributed by atoms with Crippen molar-refractivity contribution < 1.29 is 13.2 Å². The summed E-state index contributed by atoms with van der Waals surface area (Å²) in [6, 6.07) is 0. The molecule has 0 radical (unpaired) electrons. The Morgan fingerprint density at radius 3 is 2.81 bits per heavy atom. The van der Waals surface area contributed by atoms with Crippen molar-refractivity contribution in [1.29, 1.82) is 0 Å². The topological polar surface area (TPSA) is 84.3 Å². The summed E-state index contributed by atoms with van der Waals surface area (Å²) in [5.41, 5.74) is 0.520. The van der Waals surface area contributed by atoms with Crippen LogP contribution in [0.15, 0.2) is 11.1 Å². The Morgan fingerprint density at radius 1 is 1.52 bits per heavy atom. The second-order valence-electron chi connectivity index (χ2n) is 5.33. The molecule has 0 bridgehead atoms. The van der Waals surface area contributed by atoms with Gasteiger partial charge in [-0.05, 0) is 26.2 Å². The number of carbonyl (C=O) groups is 1. The molecule has 21 heavy (non-hydrogen) atoms. The van der Waals surface area contributed by atoms with Gasteiger partial charge >= 0.3 is 0 Å². The predicted molar refractivity (Wildman–Crippen MR) is 78.2 cm³/mol. The lowest BCUT2D eigenvalue weighted by atomic mass is 10.1. The number of nitrogens with zero attached hydrogens (tertiary/aromatic N) is 3. The third kappa shape index (κ3) is 3.26. The van der Waals surface area contributed by atoms with Gasteiger partial charge in [-0.1, -0.05) is 0 Å². The number of hydrogen-bond acceptors (Lipinski definition) is 4. The Morgan fingerprint density at radius 2 is 2.24 bits per heavy atom. The van der Waals surface area contributed by atoms with Crippen LogP contribution in [0.2, 0.25) is 0 Å². The average Bonchev–Trinajstić information content (AvgIpc) is 3.05. The summed E-state index contributed by atoms with van der Waals surface area (Å²) in [6.07, 6.45) is 2.67. The molecule has 0 spiro atoms. The van der Waals surface area contributed by atoms with Crippen LogP contribution in [0.5, 0.6) is 0 Å². The van der Waals surface area contributed by atoms with Crippen LogP contribution < -0.4 is 5.32 Å². The van der Waals surface area contributed by atoms with Gasteiger partial charge in [0.05, 0.1) is 5.69 Å². The van der Waals surface area contributed by atoms with Gasteiger partial charge in [0.2, 0.25) is 15.9 Å². The predicted octanol–water partition coefficient (Wildman–Crippen LogP) is 0.358. The van der Waals surface area contributed by atoms with Crippen molar-refractivity contribution in [2.24, 2.45) is 5.92 Å². The summed E-state index contributed by atoms with van der Waals surface area (Å²) in [6.45, 7) is 5.11. The fourth-order valence-corrected chi connectivity index (χ4v) is 4.30. The van der Waals surface area contributed by atoms with Gasteiger partial charge in [-0.2, -0.15) is 9.40 Å². The molecular weight excluding hydrogens is 292 g/mol. The Bertz CT molecular complexity index is 623. The van der Waals surface area contributed by atoms with Crippen molar-refractivity contribution in [3.63, 3.8) is 0 Å². The van der Waals surface area contributed by atoms with E-state index in [1.54, 1.807) is 24.9 Å². The zero-order valence-corrected chi connectivity index (χ0v) is 13.5. The van der Waals surface area contributed by atoms with Crippen LogP contribution in [-0.4, -0.2) is 48.5 Å². The highest BCUT2D eigenvalue weighted by Crippen LogP contribution is 2.27. The van der Waals surface area contributed by atoms with Crippen molar-refractivity contribution >= 4 is 15.9 Å². The smallest absolute Gasteiger partial charge is 0.246 e. The van der Waals surface area contributed by atoms with Gasteiger partial charge in [0.15, 0.2) is 0 Å². The van der Waals surface area contributed by atoms with E-state index in [4.69, 9.17) is 0 Å². The van der Waals surface area contributed by atoms with Gasteiger partial charge in [-0.25, -0.2) is 8.42 Å². The van der Waals surface area contributed by atoms with E-state index in [0.29, 0.717) is 38.2 Å². The quantitative estimate of drug-likeness (QED) is 0.850. The van der Waals surface area contributed by atoms with Crippen LogP contribution in [-0.2, 0) is 21.4 Å². The van der Waals surface area contributed by atoms with E-state index >= 15 is 0 Å². The maximum absolute atomic E-state index is 12.7. The number of aryl methyl sites for hydroxylation is 2. The summed E-state index contributed by atoms with van der Waals surface area (Å²) < 4.78 is 28.4. The molecule has 118 valence electrons. The molecule has 1 aromatic heterocycles. The molecule has 1 fully saturated rings.